The lowest BCUT2D eigenvalue weighted by Crippen LogP contribution is -2.05. The van der Waals surface area contributed by atoms with Crippen LogP contribution >= 0.6 is 0 Å². The summed E-state index contributed by atoms with van der Waals surface area (Å²) in [6, 6.07) is 1.47. The first-order valence-electron chi connectivity index (χ1n) is 4.53. The van der Waals surface area contributed by atoms with Crippen molar-refractivity contribution in [3.05, 3.63) is 34.5 Å². The molecule has 0 aliphatic heterocycles. The zero-order valence-electron chi connectivity index (χ0n) is 8.11. The van der Waals surface area contributed by atoms with Crippen molar-refractivity contribution in [2.24, 2.45) is 0 Å². The predicted molar refractivity (Wildman–Crippen MR) is 54.2 cm³/mol. The van der Waals surface area contributed by atoms with Crippen molar-refractivity contribution < 1.29 is 0 Å². The molecule has 0 amide bonds. The van der Waals surface area contributed by atoms with E-state index in [1.807, 2.05) is 13.8 Å². The highest BCUT2D eigenvalue weighted by atomic mass is 16.1. The van der Waals surface area contributed by atoms with Gasteiger partial charge in [-0.25, -0.2) is 9.97 Å². The molecule has 72 valence electrons. The van der Waals surface area contributed by atoms with E-state index in [1.165, 1.54) is 6.07 Å². The molecule has 0 saturated carbocycles. The molecule has 4 nitrogen and oxygen atoms in total. The van der Waals surface area contributed by atoms with Gasteiger partial charge >= 0.3 is 0 Å². The van der Waals surface area contributed by atoms with Crippen molar-refractivity contribution in [1.29, 1.82) is 0 Å². The summed E-state index contributed by atoms with van der Waals surface area (Å²) in [7, 11) is 0. The first-order chi connectivity index (χ1) is 6.68. The molecule has 2 heterocycles. The van der Waals surface area contributed by atoms with Crippen LogP contribution in [0.3, 0.4) is 0 Å². The largest absolute Gasteiger partial charge is 0.346 e. The molecule has 14 heavy (non-hydrogen) atoms. The summed E-state index contributed by atoms with van der Waals surface area (Å²) < 4.78 is 0. The first kappa shape index (κ1) is 8.87. The average molecular weight is 189 g/mol. The third kappa shape index (κ3) is 1.39. The SMILES string of the molecule is CC(C)c1ncc2c(=O)cc[nH]c2n1. The average Bonchev–Trinajstić information content (AvgIpc) is 2.17. The van der Waals surface area contributed by atoms with E-state index in [-0.39, 0.29) is 11.3 Å². The van der Waals surface area contributed by atoms with Gasteiger partial charge in [0.25, 0.3) is 0 Å². The minimum absolute atomic E-state index is 0.0472. The minimum Gasteiger partial charge on any atom is -0.346 e. The van der Waals surface area contributed by atoms with E-state index >= 15 is 0 Å². The zero-order chi connectivity index (χ0) is 10.1. The van der Waals surface area contributed by atoms with Crippen molar-refractivity contribution in [1.82, 2.24) is 15.0 Å². The molecular weight excluding hydrogens is 178 g/mol. The van der Waals surface area contributed by atoms with Gasteiger partial charge in [-0.1, -0.05) is 13.8 Å². The van der Waals surface area contributed by atoms with E-state index in [0.29, 0.717) is 11.0 Å². The Bertz CT molecular complexity index is 516. The van der Waals surface area contributed by atoms with Crippen LogP contribution in [0, 0.1) is 0 Å². The molecule has 0 bridgehead atoms. The van der Waals surface area contributed by atoms with Crippen LogP contribution in [0.2, 0.25) is 0 Å². The topological polar surface area (TPSA) is 58.6 Å². The number of nitrogens with zero attached hydrogens (tertiary/aromatic N) is 2. The Balaban J connectivity index is 2.74. The fourth-order valence-electron chi connectivity index (χ4n) is 1.25. The number of aromatic amines is 1. The van der Waals surface area contributed by atoms with Crippen molar-refractivity contribution in [2.75, 3.05) is 0 Å². The summed E-state index contributed by atoms with van der Waals surface area (Å²) in [4.78, 5) is 22.7. The Labute approximate surface area is 81.0 Å². The summed E-state index contributed by atoms with van der Waals surface area (Å²) in [5.41, 5.74) is 0.560. The Morgan fingerprint density at radius 3 is 2.93 bits per heavy atom. The Hall–Kier alpha value is -1.71. The maximum atomic E-state index is 11.4. The highest BCUT2D eigenvalue weighted by molar-refractivity contribution is 5.72. The summed E-state index contributed by atoms with van der Waals surface area (Å²) in [5.74, 6) is 1.02. The predicted octanol–water partition coefficient (Wildman–Crippen LogP) is 1.44. The molecule has 0 spiro atoms. The number of rotatable bonds is 1. The van der Waals surface area contributed by atoms with E-state index < -0.39 is 0 Å². The van der Waals surface area contributed by atoms with E-state index in [1.54, 1.807) is 12.4 Å². The molecular formula is C10H11N3O. The lowest BCUT2D eigenvalue weighted by molar-refractivity contribution is 0.780. The zero-order valence-corrected chi connectivity index (χ0v) is 8.11. The Morgan fingerprint density at radius 2 is 2.21 bits per heavy atom. The molecule has 0 saturated heterocycles. The van der Waals surface area contributed by atoms with E-state index in [2.05, 4.69) is 15.0 Å². The van der Waals surface area contributed by atoms with E-state index in [0.717, 1.165) is 5.82 Å². The van der Waals surface area contributed by atoms with E-state index in [4.69, 9.17) is 0 Å². The van der Waals surface area contributed by atoms with Gasteiger partial charge in [-0.2, -0.15) is 0 Å². The standard InChI is InChI=1S/C10H11N3O/c1-6(2)9-12-5-7-8(14)3-4-11-10(7)13-9/h3-6H,1-2H3,(H,11,12,13,14). The fraction of sp³-hybridized carbons (Fsp3) is 0.300. The fourth-order valence-corrected chi connectivity index (χ4v) is 1.25. The maximum Gasteiger partial charge on any atom is 0.192 e. The molecule has 0 unspecified atom stereocenters. The molecule has 2 aromatic heterocycles. The molecule has 0 aliphatic rings. The number of aromatic nitrogens is 3. The highest BCUT2D eigenvalue weighted by Gasteiger charge is 2.05. The highest BCUT2D eigenvalue weighted by Crippen LogP contribution is 2.10. The number of fused-ring (bicyclic) bond motifs is 1. The Morgan fingerprint density at radius 1 is 1.43 bits per heavy atom. The van der Waals surface area contributed by atoms with Crippen molar-refractivity contribution >= 4 is 11.0 Å². The summed E-state index contributed by atoms with van der Waals surface area (Å²) in [6.07, 6.45) is 3.18. The molecule has 0 radical (unpaired) electrons. The van der Waals surface area contributed by atoms with Gasteiger partial charge in [0, 0.05) is 24.4 Å². The smallest absolute Gasteiger partial charge is 0.192 e. The quantitative estimate of drug-likeness (QED) is 0.738. The van der Waals surface area contributed by atoms with Gasteiger partial charge in [0.15, 0.2) is 5.43 Å². The monoisotopic (exact) mass is 189 g/mol. The number of pyridine rings is 1. The third-order valence-electron chi connectivity index (χ3n) is 2.04. The molecule has 4 heteroatoms. The van der Waals surface area contributed by atoms with Gasteiger partial charge in [0.2, 0.25) is 0 Å². The number of hydrogen-bond acceptors (Lipinski definition) is 3. The van der Waals surface area contributed by atoms with Gasteiger partial charge in [0.1, 0.15) is 11.5 Å². The normalized spacial score (nSPS) is 11.1. The van der Waals surface area contributed by atoms with Gasteiger partial charge in [-0.05, 0) is 0 Å². The van der Waals surface area contributed by atoms with Crippen LogP contribution in [0.1, 0.15) is 25.6 Å². The molecule has 2 rings (SSSR count). The molecule has 0 atom stereocenters. The lowest BCUT2D eigenvalue weighted by Gasteiger charge is -2.03. The maximum absolute atomic E-state index is 11.4. The second kappa shape index (κ2) is 3.21. The first-order valence-corrected chi connectivity index (χ1v) is 4.53. The van der Waals surface area contributed by atoms with E-state index in [9.17, 15) is 4.79 Å². The third-order valence-corrected chi connectivity index (χ3v) is 2.04. The molecule has 0 aromatic carbocycles. The molecule has 0 fully saturated rings. The molecule has 1 N–H and O–H groups in total. The van der Waals surface area contributed by atoms with Crippen LogP contribution in [0.25, 0.3) is 11.0 Å². The van der Waals surface area contributed by atoms with Crippen LogP contribution in [0.5, 0.6) is 0 Å². The van der Waals surface area contributed by atoms with Gasteiger partial charge in [0.05, 0.1) is 5.39 Å². The number of H-pyrrole nitrogens is 1. The summed E-state index contributed by atoms with van der Waals surface area (Å²) >= 11 is 0. The second-order valence-corrected chi connectivity index (χ2v) is 3.49. The molecule has 2 aromatic rings. The van der Waals surface area contributed by atoms with Crippen LogP contribution in [0.15, 0.2) is 23.3 Å². The van der Waals surface area contributed by atoms with Gasteiger partial charge in [-0.3, -0.25) is 4.79 Å². The van der Waals surface area contributed by atoms with Crippen LogP contribution in [-0.2, 0) is 0 Å². The summed E-state index contributed by atoms with van der Waals surface area (Å²) in [5, 5.41) is 0.539. The van der Waals surface area contributed by atoms with Crippen LogP contribution < -0.4 is 5.43 Å². The van der Waals surface area contributed by atoms with Crippen molar-refractivity contribution in [2.45, 2.75) is 19.8 Å². The molecule has 0 aliphatic carbocycles. The van der Waals surface area contributed by atoms with Gasteiger partial charge < -0.3 is 4.98 Å². The number of hydrogen-bond donors (Lipinski definition) is 1. The van der Waals surface area contributed by atoms with Crippen LogP contribution in [-0.4, -0.2) is 15.0 Å². The van der Waals surface area contributed by atoms with Crippen LogP contribution in [0.4, 0.5) is 0 Å². The number of nitrogens with one attached hydrogen (secondary N) is 1. The Kier molecular flexibility index (Phi) is 2.04. The minimum atomic E-state index is -0.0472. The lowest BCUT2D eigenvalue weighted by atomic mass is 10.2. The summed E-state index contributed by atoms with van der Waals surface area (Å²) in [6.45, 7) is 4.03. The second-order valence-electron chi connectivity index (χ2n) is 3.49. The van der Waals surface area contributed by atoms with Crippen molar-refractivity contribution in [3.8, 4) is 0 Å². The van der Waals surface area contributed by atoms with Crippen molar-refractivity contribution in [3.63, 3.8) is 0 Å². The van der Waals surface area contributed by atoms with Gasteiger partial charge in [-0.15, -0.1) is 0 Å².